The number of carbonyl (C=O) groups excluding carboxylic acids is 1. The number of methoxy groups -OCH3 is 3. The molecular weight excluding hydrogens is 255 g/mol. The first kappa shape index (κ1) is 15.2. The molecule has 2 atom stereocenters. The summed E-state index contributed by atoms with van der Waals surface area (Å²) >= 11 is 0. The number of carbonyl (C=O) groups is 1. The Labute approximate surface area is 110 Å². The fourth-order valence-corrected chi connectivity index (χ4v) is 1.73. The molecule has 1 N–H and O–H groups in total. The lowest BCUT2D eigenvalue weighted by molar-refractivity contribution is -0.150. The monoisotopic (exact) mass is 272 g/mol. The average molecular weight is 272 g/mol. The minimum absolute atomic E-state index is 0.0968. The van der Waals surface area contributed by atoms with Gasteiger partial charge in [0.25, 0.3) is 0 Å². The Morgan fingerprint density at radius 3 is 2.00 bits per heavy atom. The topological polar surface area (TPSA) is 65.0 Å². The summed E-state index contributed by atoms with van der Waals surface area (Å²) in [7, 11) is 3.97. The first-order chi connectivity index (χ1) is 8.96. The van der Waals surface area contributed by atoms with E-state index in [1.807, 2.05) is 0 Å². The lowest BCUT2D eigenvalue weighted by atomic mass is 9.98. The fourth-order valence-electron chi connectivity index (χ4n) is 1.73. The second-order valence-corrected chi connectivity index (χ2v) is 3.88. The summed E-state index contributed by atoms with van der Waals surface area (Å²) in [5.41, 5.74) is 0.245. The molecule has 19 heavy (non-hydrogen) atoms. The van der Waals surface area contributed by atoms with Crippen molar-refractivity contribution >= 4 is 5.97 Å². The molecule has 0 aromatic heterocycles. The normalized spacial score (nSPS) is 13.6. The molecule has 0 heterocycles. The predicted octanol–water partition coefficient (Wildman–Crippen LogP) is 1.94. The standard InChI is InChI=1S/C13H17FO5/c1-7(14)8-5-10(17-2)11(18-3)6-9(8)12(15)13(16)19-4/h5-7,12,15H,1-4H3. The van der Waals surface area contributed by atoms with Crippen molar-refractivity contribution in [3.8, 4) is 11.5 Å². The van der Waals surface area contributed by atoms with E-state index in [2.05, 4.69) is 4.74 Å². The van der Waals surface area contributed by atoms with Crippen LogP contribution in [0.3, 0.4) is 0 Å². The van der Waals surface area contributed by atoms with Crippen LogP contribution in [0.15, 0.2) is 12.1 Å². The zero-order chi connectivity index (χ0) is 14.6. The summed E-state index contributed by atoms with van der Waals surface area (Å²) in [4.78, 5) is 11.4. The van der Waals surface area contributed by atoms with E-state index in [0.29, 0.717) is 11.5 Å². The fraction of sp³-hybridized carbons (Fsp3) is 0.462. The molecule has 0 saturated carbocycles. The molecule has 0 fully saturated rings. The molecule has 0 spiro atoms. The van der Waals surface area contributed by atoms with Crippen LogP contribution in [0, 0.1) is 0 Å². The number of benzene rings is 1. The van der Waals surface area contributed by atoms with E-state index >= 15 is 0 Å². The van der Waals surface area contributed by atoms with Crippen molar-refractivity contribution in [1.82, 2.24) is 0 Å². The molecule has 0 saturated heterocycles. The highest BCUT2D eigenvalue weighted by atomic mass is 19.1. The van der Waals surface area contributed by atoms with Gasteiger partial charge in [0.2, 0.25) is 0 Å². The molecule has 0 bridgehead atoms. The molecule has 1 rings (SSSR count). The van der Waals surface area contributed by atoms with E-state index in [0.717, 1.165) is 7.11 Å². The van der Waals surface area contributed by atoms with Crippen molar-refractivity contribution in [1.29, 1.82) is 0 Å². The van der Waals surface area contributed by atoms with E-state index in [1.54, 1.807) is 0 Å². The van der Waals surface area contributed by atoms with Crippen LogP contribution in [-0.2, 0) is 9.53 Å². The zero-order valence-corrected chi connectivity index (χ0v) is 11.3. The summed E-state index contributed by atoms with van der Waals surface area (Å²) < 4.78 is 28.2. The van der Waals surface area contributed by atoms with E-state index in [9.17, 15) is 14.3 Å². The van der Waals surface area contributed by atoms with E-state index in [1.165, 1.54) is 33.3 Å². The van der Waals surface area contributed by atoms with Gasteiger partial charge in [0.15, 0.2) is 17.6 Å². The number of aliphatic hydroxyl groups excluding tert-OH is 1. The van der Waals surface area contributed by atoms with Crippen LogP contribution in [0.25, 0.3) is 0 Å². The van der Waals surface area contributed by atoms with Crippen LogP contribution in [0.1, 0.15) is 30.3 Å². The highest BCUT2D eigenvalue weighted by Gasteiger charge is 2.25. The molecule has 0 aliphatic heterocycles. The van der Waals surface area contributed by atoms with Crippen molar-refractivity contribution < 1.29 is 28.5 Å². The Bertz CT molecular complexity index is 459. The number of alkyl halides is 1. The zero-order valence-electron chi connectivity index (χ0n) is 11.3. The number of ether oxygens (including phenoxy) is 3. The molecule has 2 unspecified atom stereocenters. The van der Waals surface area contributed by atoms with E-state index < -0.39 is 18.2 Å². The van der Waals surface area contributed by atoms with Crippen molar-refractivity contribution in [2.75, 3.05) is 21.3 Å². The molecule has 106 valence electrons. The molecule has 0 aliphatic carbocycles. The molecule has 5 nitrogen and oxygen atoms in total. The summed E-state index contributed by atoms with van der Waals surface area (Å²) in [6.45, 7) is 1.30. The summed E-state index contributed by atoms with van der Waals surface area (Å²) in [5, 5.41) is 9.86. The first-order valence-electron chi connectivity index (χ1n) is 5.62. The van der Waals surface area contributed by atoms with Gasteiger partial charge >= 0.3 is 5.97 Å². The minimum atomic E-state index is -1.57. The molecule has 0 radical (unpaired) electrons. The van der Waals surface area contributed by atoms with Gasteiger partial charge in [-0.25, -0.2) is 9.18 Å². The maximum absolute atomic E-state index is 13.6. The van der Waals surface area contributed by atoms with Crippen molar-refractivity contribution in [2.45, 2.75) is 19.2 Å². The maximum Gasteiger partial charge on any atom is 0.339 e. The number of rotatable bonds is 5. The molecule has 1 aromatic carbocycles. The van der Waals surface area contributed by atoms with Crippen molar-refractivity contribution in [2.24, 2.45) is 0 Å². The van der Waals surface area contributed by atoms with Gasteiger partial charge in [-0.15, -0.1) is 0 Å². The van der Waals surface area contributed by atoms with Gasteiger partial charge < -0.3 is 19.3 Å². The Morgan fingerprint density at radius 2 is 1.63 bits per heavy atom. The van der Waals surface area contributed by atoms with Crippen molar-refractivity contribution in [3.05, 3.63) is 23.3 Å². The molecule has 1 aromatic rings. The second kappa shape index (κ2) is 6.38. The van der Waals surface area contributed by atoms with Gasteiger partial charge in [0, 0.05) is 5.56 Å². The first-order valence-corrected chi connectivity index (χ1v) is 5.62. The average Bonchev–Trinajstić information content (AvgIpc) is 2.43. The Balaban J connectivity index is 3.39. The molecular formula is C13H17FO5. The Kier molecular flexibility index (Phi) is 5.11. The van der Waals surface area contributed by atoms with E-state index in [-0.39, 0.29) is 11.1 Å². The highest BCUT2D eigenvalue weighted by molar-refractivity contribution is 5.77. The lowest BCUT2D eigenvalue weighted by Crippen LogP contribution is -2.16. The Hall–Kier alpha value is -1.82. The third-order valence-corrected chi connectivity index (χ3v) is 2.74. The molecule has 0 aliphatic rings. The van der Waals surface area contributed by atoms with E-state index in [4.69, 9.17) is 9.47 Å². The number of aliphatic hydroxyl groups is 1. The SMILES string of the molecule is COC(=O)C(O)c1cc(OC)c(OC)cc1C(C)F. The van der Waals surface area contributed by atoms with Crippen LogP contribution >= 0.6 is 0 Å². The predicted molar refractivity (Wildman–Crippen MR) is 66.0 cm³/mol. The third kappa shape index (κ3) is 3.14. The summed E-state index contributed by atoms with van der Waals surface area (Å²) in [6.07, 6.45) is -2.95. The number of halogens is 1. The summed E-state index contributed by atoms with van der Waals surface area (Å²) in [5.74, 6) is -0.248. The quantitative estimate of drug-likeness (QED) is 0.830. The van der Waals surface area contributed by atoms with Gasteiger partial charge in [-0.2, -0.15) is 0 Å². The number of esters is 1. The van der Waals surface area contributed by atoms with Gasteiger partial charge in [-0.3, -0.25) is 0 Å². The van der Waals surface area contributed by atoms with Crippen LogP contribution in [0.2, 0.25) is 0 Å². The van der Waals surface area contributed by atoms with Gasteiger partial charge in [-0.05, 0) is 24.6 Å². The van der Waals surface area contributed by atoms with Crippen LogP contribution in [0.4, 0.5) is 4.39 Å². The number of hydrogen-bond donors (Lipinski definition) is 1. The smallest absolute Gasteiger partial charge is 0.339 e. The summed E-state index contributed by atoms with van der Waals surface area (Å²) in [6, 6.07) is 2.76. The lowest BCUT2D eigenvalue weighted by Gasteiger charge is -2.18. The highest BCUT2D eigenvalue weighted by Crippen LogP contribution is 2.37. The largest absolute Gasteiger partial charge is 0.493 e. The van der Waals surface area contributed by atoms with Crippen LogP contribution < -0.4 is 9.47 Å². The minimum Gasteiger partial charge on any atom is -0.493 e. The van der Waals surface area contributed by atoms with Crippen molar-refractivity contribution in [3.63, 3.8) is 0 Å². The maximum atomic E-state index is 13.6. The van der Waals surface area contributed by atoms with Gasteiger partial charge in [0.05, 0.1) is 21.3 Å². The second-order valence-electron chi connectivity index (χ2n) is 3.88. The Morgan fingerprint density at radius 1 is 1.16 bits per heavy atom. The van der Waals surface area contributed by atoms with Crippen LogP contribution in [0.5, 0.6) is 11.5 Å². The number of hydrogen-bond acceptors (Lipinski definition) is 5. The molecule has 6 heteroatoms. The van der Waals surface area contributed by atoms with Gasteiger partial charge in [-0.1, -0.05) is 0 Å². The third-order valence-electron chi connectivity index (χ3n) is 2.74. The van der Waals surface area contributed by atoms with Crippen LogP contribution in [-0.4, -0.2) is 32.4 Å². The molecule has 0 amide bonds. The van der Waals surface area contributed by atoms with Gasteiger partial charge in [0.1, 0.15) is 6.17 Å².